The number of carbonyl (C=O) groups excluding carboxylic acids is 2. The van der Waals surface area contributed by atoms with E-state index in [1.807, 2.05) is 6.92 Å². The predicted molar refractivity (Wildman–Crippen MR) is 151 cm³/mol. The van der Waals surface area contributed by atoms with Crippen LogP contribution >= 0.6 is 0 Å². The van der Waals surface area contributed by atoms with Crippen LogP contribution in [-0.2, 0) is 39.3 Å². The van der Waals surface area contributed by atoms with E-state index < -0.39 is 50.4 Å². The zero-order chi connectivity index (χ0) is 31.7. The number of halogens is 3. The zero-order valence-electron chi connectivity index (χ0n) is 24.2. The number of fused-ring (bicyclic) bond motifs is 1. The highest BCUT2D eigenvalue weighted by molar-refractivity contribution is 7.92. The summed E-state index contributed by atoms with van der Waals surface area (Å²) >= 11 is 0. The minimum absolute atomic E-state index is 0.0337. The monoisotopic (exact) mass is 623 g/mol. The van der Waals surface area contributed by atoms with Crippen molar-refractivity contribution in [2.45, 2.75) is 63.4 Å². The Labute approximate surface area is 247 Å². The summed E-state index contributed by atoms with van der Waals surface area (Å²) in [4.78, 5) is 24.5. The van der Waals surface area contributed by atoms with Gasteiger partial charge in [0.15, 0.2) is 0 Å². The largest absolute Gasteiger partial charge is 0.486 e. The third-order valence-electron chi connectivity index (χ3n) is 6.51. The Hall–Kier alpha value is -4.27. The molecule has 0 fully saturated rings. The van der Waals surface area contributed by atoms with Crippen molar-refractivity contribution in [3.05, 3.63) is 65.5 Å². The first-order valence-electron chi connectivity index (χ1n) is 13.2. The predicted octanol–water partition coefficient (Wildman–Crippen LogP) is 4.76. The number of rotatable bonds is 7. The van der Waals surface area contributed by atoms with Crippen LogP contribution in [0.25, 0.3) is 0 Å². The quantitative estimate of drug-likeness (QED) is 0.388. The summed E-state index contributed by atoms with van der Waals surface area (Å²) in [6.07, 6.45) is -5.17. The number of nitrogens with one attached hydrogen (secondary N) is 2. The van der Waals surface area contributed by atoms with Gasteiger partial charge >= 0.3 is 12.3 Å². The van der Waals surface area contributed by atoms with Crippen LogP contribution in [0.2, 0.25) is 0 Å². The Morgan fingerprint density at radius 2 is 1.86 bits per heavy atom. The fourth-order valence-corrected chi connectivity index (χ4v) is 5.84. The number of carbonyl (C=O) groups is 2. The number of aromatic nitrogens is 2. The van der Waals surface area contributed by atoms with Crippen molar-refractivity contribution in [3.8, 4) is 5.75 Å². The van der Waals surface area contributed by atoms with Gasteiger partial charge in [0, 0.05) is 30.5 Å². The molecular formula is C28H32F3N5O6S. The average Bonchev–Trinajstić information content (AvgIpc) is 3.22. The standard InChI is InChI=1S/C28H32F3N5O6S/c1-17-18(15-33-35(17)5)14-32-25(37)13-21-16-36(43(39,40)22-8-6-7-19(11-22)28(29,30)31)23-12-20(9-10-24(23)41-21)34-26(38)42-27(2,3)4/h6-12,15,21H,13-14,16H2,1-5H3,(H,32,37)(H,34,38)/t21-/m0/s1. The smallest absolute Gasteiger partial charge is 0.416 e. The molecule has 2 heterocycles. The summed E-state index contributed by atoms with van der Waals surface area (Å²) in [5.41, 5.74) is -0.160. The van der Waals surface area contributed by atoms with E-state index in [4.69, 9.17) is 9.47 Å². The second-order valence-corrected chi connectivity index (χ2v) is 12.8. The van der Waals surface area contributed by atoms with Gasteiger partial charge in [0.2, 0.25) is 5.91 Å². The van der Waals surface area contributed by atoms with Gasteiger partial charge in [0.1, 0.15) is 17.5 Å². The molecule has 0 aliphatic carbocycles. The number of nitrogens with zero attached hydrogens (tertiary/aromatic N) is 3. The Kier molecular flexibility index (Phi) is 8.67. The average molecular weight is 624 g/mol. The number of alkyl halides is 3. The number of ether oxygens (including phenoxy) is 2. The molecule has 2 N–H and O–H groups in total. The number of anilines is 2. The number of amides is 2. The first-order chi connectivity index (χ1) is 19.9. The molecule has 3 aromatic rings. The Balaban J connectivity index is 1.64. The summed E-state index contributed by atoms with van der Waals surface area (Å²) in [6.45, 7) is 6.66. The number of benzene rings is 2. The van der Waals surface area contributed by atoms with Crippen molar-refractivity contribution in [2.75, 3.05) is 16.2 Å². The second-order valence-electron chi connectivity index (χ2n) is 11.0. The lowest BCUT2D eigenvalue weighted by Gasteiger charge is -2.35. The lowest BCUT2D eigenvalue weighted by molar-refractivity contribution is -0.137. The molecule has 0 spiro atoms. The molecule has 232 valence electrons. The first-order valence-corrected chi connectivity index (χ1v) is 14.6. The lowest BCUT2D eigenvalue weighted by Crippen LogP contribution is -2.45. The highest BCUT2D eigenvalue weighted by atomic mass is 32.2. The first kappa shape index (κ1) is 31.7. The molecule has 0 radical (unpaired) electrons. The van der Waals surface area contributed by atoms with Crippen LogP contribution in [0.1, 0.15) is 44.0 Å². The highest BCUT2D eigenvalue weighted by Gasteiger charge is 2.38. The van der Waals surface area contributed by atoms with E-state index in [-0.39, 0.29) is 36.6 Å². The van der Waals surface area contributed by atoms with Crippen LogP contribution in [0.5, 0.6) is 5.75 Å². The van der Waals surface area contributed by atoms with Crippen LogP contribution in [0.15, 0.2) is 53.6 Å². The number of hydrogen-bond acceptors (Lipinski definition) is 7. The van der Waals surface area contributed by atoms with Crippen molar-refractivity contribution < 1.29 is 40.7 Å². The van der Waals surface area contributed by atoms with E-state index in [0.29, 0.717) is 6.07 Å². The number of sulfonamides is 1. The highest BCUT2D eigenvalue weighted by Crippen LogP contribution is 2.40. The van der Waals surface area contributed by atoms with Gasteiger partial charge in [-0.05, 0) is 64.1 Å². The Morgan fingerprint density at radius 1 is 1.14 bits per heavy atom. The van der Waals surface area contributed by atoms with Crippen molar-refractivity contribution >= 4 is 33.4 Å². The fourth-order valence-electron chi connectivity index (χ4n) is 4.30. The molecular weight excluding hydrogens is 591 g/mol. The molecule has 43 heavy (non-hydrogen) atoms. The number of hydrogen-bond donors (Lipinski definition) is 2. The van der Waals surface area contributed by atoms with E-state index in [2.05, 4.69) is 15.7 Å². The van der Waals surface area contributed by atoms with Crippen molar-refractivity contribution in [3.63, 3.8) is 0 Å². The van der Waals surface area contributed by atoms with Gasteiger partial charge in [0.05, 0.1) is 35.3 Å². The van der Waals surface area contributed by atoms with Gasteiger partial charge < -0.3 is 14.8 Å². The topological polar surface area (TPSA) is 132 Å². The molecule has 11 nitrogen and oxygen atoms in total. The van der Waals surface area contributed by atoms with Gasteiger partial charge in [-0.2, -0.15) is 18.3 Å². The Bertz CT molecular complexity index is 1630. The molecule has 15 heteroatoms. The Morgan fingerprint density at radius 3 is 2.49 bits per heavy atom. The molecule has 0 unspecified atom stereocenters. The normalized spacial score (nSPS) is 15.3. The third kappa shape index (κ3) is 7.58. The molecule has 0 bridgehead atoms. The van der Waals surface area contributed by atoms with Crippen LogP contribution < -0.4 is 19.7 Å². The maximum absolute atomic E-state index is 13.8. The van der Waals surface area contributed by atoms with Crippen molar-refractivity contribution in [1.82, 2.24) is 15.1 Å². The van der Waals surface area contributed by atoms with E-state index in [9.17, 15) is 31.2 Å². The van der Waals surface area contributed by atoms with E-state index in [1.165, 1.54) is 18.2 Å². The van der Waals surface area contributed by atoms with Crippen LogP contribution in [0, 0.1) is 6.92 Å². The maximum Gasteiger partial charge on any atom is 0.416 e. The van der Waals surface area contributed by atoms with E-state index in [0.717, 1.165) is 33.8 Å². The zero-order valence-corrected chi connectivity index (χ0v) is 25.0. The molecule has 2 aromatic carbocycles. The lowest BCUT2D eigenvalue weighted by atomic mass is 10.1. The van der Waals surface area contributed by atoms with Crippen molar-refractivity contribution in [1.29, 1.82) is 0 Å². The van der Waals surface area contributed by atoms with Crippen molar-refractivity contribution in [2.24, 2.45) is 7.05 Å². The van der Waals surface area contributed by atoms with Crippen LogP contribution in [-0.4, -0.2) is 48.4 Å². The summed E-state index contributed by atoms with van der Waals surface area (Å²) in [7, 11) is -2.83. The third-order valence-corrected chi connectivity index (χ3v) is 8.29. The molecule has 1 atom stereocenters. The summed E-state index contributed by atoms with van der Waals surface area (Å²) in [5, 5.41) is 9.40. The molecule has 4 rings (SSSR count). The van der Waals surface area contributed by atoms with Gasteiger partial charge in [0.25, 0.3) is 10.0 Å². The summed E-state index contributed by atoms with van der Waals surface area (Å²) < 4.78 is 81.6. The molecule has 2 amide bonds. The molecule has 1 aromatic heterocycles. The molecule has 1 aliphatic heterocycles. The minimum atomic E-state index is -4.77. The van der Waals surface area contributed by atoms with Crippen LogP contribution in [0.4, 0.5) is 29.3 Å². The molecule has 1 aliphatic rings. The number of aryl methyl sites for hydroxylation is 1. The second kappa shape index (κ2) is 11.8. The van der Waals surface area contributed by atoms with E-state index in [1.54, 1.807) is 38.7 Å². The van der Waals surface area contributed by atoms with Crippen LogP contribution in [0.3, 0.4) is 0 Å². The fraction of sp³-hybridized carbons (Fsp3) is 0.393. The van der Waals surface area contributed by atoms with E-state index >= 15 is 0 Å². The molecule has 0 saturated heterocycles. The minimum Gasteiger partial charge on any atom is -0.486 e. The van der Waals surface area contributed by atoms with Gasteiger partial charge in [-0.15, -0.1) is 0 Å². The summed E-state index contributed by atoms with van der Waals surface area (Å²) in [5.74, 6) is -0.381. The summed E-state index contributed by atoms with van der Waals surface area (Å²) in [6, 6.07) is 7.54. The van der Waals surface area contributed by atoms with Gasteiger partial charge in [-0.3, -0.25) is 19.1 Å². The SMILES string of the molecule is Cc1c(CNC(=O)C[C@H]2CN(S(=O)(=O)c3cccc(C(F)(F)F)c3)c3cc(NC(=O)OC(C)(C)C)ccc3O2)cnn1C. The maximum atomic E-state index is 13.8. The molecule has 0 saturated carbocycles. The van der Waals surface area contributed by atoms with Gasteiger partial charge in [-0.25, -0.2) is 13.2 Å². The van der Waals surface area contributed by atoms with Gasteiger partial charge in [-0.1, -0.05) is 6.07 Å².